The molecule has 74 heavy (non-hydrogen) atoms. The van der Waals surface area contributed by atoms with Gasteiger partial charge in [0, 0.05) is 62.8 Å². The molecular weight excluding hydrogens is 905 g/mol. The van der Waals surface area contributed by atoms with E-state index in [0.29, 0.717) is 11.5 Å². The summed E-state index contributed by atoms with van der Waals surface area (Å²) in [6.07, 6.45) is 5.71. The number of ether oxygens (including phenoxy) is 1. The van der Waals surface area contributed by atoms with E-state index in [2.05, 4.69) is 267 Å². The molecule has 7 nitrogen and oxygen atoms in total. The number of para-hydroxylation sites is 6. The van der Waals surface area contributed by atoms with Gasteiger partial charge in [-0.3, -0.25) is 13.7 Å². The van der Waals surface area contributed by atoms with Gasteiger partial charge in [-0.05, 0) is 89.0 Å². The third kappa shape index (κ3) is 6.26. The minimum absolute atomic E-state index is 0.706. The molecule has 7 heteroatoms. The Balaban J connectivity index is 0.943. The van der Waals surface area contributed by atoms with Gasteiger partial charge in [-0.1, -0.05) is 170 Å². The maximum atomic E-state index is 7.00. The lowest BCUT2D eigenvalue weighted by atomic mass is 9.95. The predicted octanol–water partition coefficient (Wildman–Crippen LogP) is 16.1. The Bertz CT molecular complexity index is 4620. The summed E-state index contributed by atoms with van der Waals surface area (Å²) in [6.45, 7) is 0. The van der Waals surface area contributed by atoms with Crippen LogP contribution in [0.25, 0.3) is 122 Å². The summed E-state index contributed by atoms with van der Waals surface area (Å²) >= 11 is 0. The van der Waals surface area contributed by atoms with E-state index < -0.39 is 0 Å². The SMILES string of the molecule is Cn1c2ccccc2c2c3c4ccccc4n(-c4ccccc4)c3c3c(c4ccc(Oc5cccc(-[n+]6[c-]n(-c7c(-c8ccccc8)cccc7-c7ccccc7)c7ccccc76)c5)cc4n3-c3ccccn3)c21. The normalized spacial score (nSPS) is 11.9. The number of nitrogens with zero attached hydrogens (tertiary/aromatic N) is 6. The fourth-order valence-corrected chi connectivity index (χ4v) is 11.7. The van der Waals surface area contributed by atoms with E-state index in [4.69, 9.17) is 9.72 Å². The zero-order valence-corrected chi connectivity index (χ0v) is 40.3. The van der Waals surface area contributed by atoms with Crippen LogP contribution in [0, 0.1) is 6.33 Å². The monoisotopic (exact) mass is 948 g/mol. The molecule has 0 N–H and O–H groups in total. The number of aromatic nitrogens is 6. The van der Waals surface area contributed by atoms with Crippen molar-refractivity contribution in [1.82, 2.24) is 23.3 Å². The Morgan fingerprint density at radius 3 is 1.74 bits per heavy atom. The first-order chi connectivity index (χ1) is 36.7. The van der Waals surface area contributed by atoms with E-state index in [9.17, 15) is 0 Å². The number of fused-ring (bicyclic) bond motifs is 13. The number of hydrogen-bond acceptors (Lipinski definition) is 2. The number of benzene rings is 10. The van der Waals surface area contributed by atoms with Crippen molar-refractivity contribution in [2.45, 2.75) is 0 Å². The maximum Gasteiger partial charge on any atom is 0.269 e. The average molecular weight is 949 g/mol. The van der Waals surface area contributed by atoms with Crippen molar-refractivity contribution in [3.8, 4) is 56.6 Å². The van der Waals surface area contributed by atoms with Crippen LogP contribution < -0.4 is 9.30 Å². The molecule has 0 radical (unpaired) electrons. The van der Waals surface area contributed by atoms with Gasteiger partial charge in [0.05, 0.1) is 50.0 Å². The maximum absolute atomic E-state index is 7.00. The van der Waals surface area contributed by atoms with Crippen LogP contribution in [-0.4, -0.2) is 23.3 Å². The van der Waals surface area contributed by atoms with Crippen molar-refractivity contribution >= 4 is 76.5 Å². The number of aryl methyl sites for hydroxylation is 1. The first-order valence-corrected chi connectivity index (χ1v) is 25.0. The van der Waals surface area contributed by atoms with E-state index in [1.54, 1.807) is 0 Å². The highest BCUT2D eigenvalue weighted by Gasteiger charge is 2.28. The zero-order chi connectivity index (χ0) is 48.9. The van der Waals surface area contributed by atoms with Crippen molar-refractivity contribution in [2.75, 3.05) is 0 Å². The van der Waals surface area contributed by atoms with Gasteiger partial charge in [-0.2, -0.15) is 0 Å². The Labute approximate surface area is 425 Å². The van der Waals surface area contributed by atoms with Gasteiger partial charge in [0.15, 0.2) is 0 Å². The lowest BCUT2D eigenvalue weighted by Gasteiger charge is -2.17. The van der Waals surface area contributed by atoms with Crippen LogP contribution in [0.5, 0.6) is 11.5 Å². The van der Waals surface area contributed by atoms with Gasteiger partial charge in [-0.25, -0.2) is 4.98 Å². The summed E-state index contributed by atoms with van der Waals surface area (Å²) in [5.41, 5.74) is 16.4. The van der Waals surface area contributed by atoms with E-state index in [0.717, 1.165) is 89.0 Å². The van der Waals surface area contributed by atoms with Crippen LogP contribution in [-0.2, 0) is 7.05 Å². The molecule has 0 aliphatic rings. The third-order valence-electron chi connectivity index (χ3n) is 14.8. The largest absolute Gasteiger partial charge is 0.458 e. The minimum atomic E-state index is 0.706. The zero-order valence-electron chi connectivity index (χ0n) is 40.3. The Morgan fingerprint density at radius 1 is 0.432 bits per heavy atom. The molecule has 348 valence electrons. The fourth-order valence-electron chi connectivity index (χ4n) is 11.7. The minimum Gasteiger partial charge on any atom is -0.458 e. The molecule has 0 aliphatic heterocycles. The first kappa shape index (κ1) is 41.8. The van der Waals surface area contributed by atoms with Crippen molar-refractivity contribution in [3.05, 3.63) is 255 Å². The molecule has 0 bridgehead atoms. The topological polar surface area (TPSA) is 45.7 Å². The summed E-state index contributed by atoms with van der Waals surface area (Å²) in [7, 11) is 2.21. The first-order valence-electron chi connectivity index (χ1n) is 25.0. The molecule has 0 aliphatic carbocycles. The lowest BCUT2D eigenvalue weighted by molar-refractivity contribution is -0.572. The van der Waals surface area contributed by atoms with Gasteiger partial charge < -0.3 is 13.9 Å². The van der Waals surface area contributed by atoms with Crippen LogP contribution in [0.2, 0.25) is 0 Å². The predicted molar refractivity (Wildman–Crippen MR) is 301 cm³/mol. The van der Waals surface area contributed by atoms with Crippen LogP contribution in [0.4, 0.5) is 0 Å². The quantitative estimate of drug-likeness (QED) is 0.113. The highest BCUT2D eigenvalue weighted by Crippen LogP contribution is 2.50. The summed E-state index contributed by atoms with van der Waals surface area (Å²) < 4.78 is 18.5. The Hall–Kier alpha value is -9.98. The van der Waals surface area contributed by atoms with E-state index >= 15 is 0 Å². The molecule has 15 rings (SSSR count). The molecule has 15 aromatic rings. The highest BCUT2D eigenvalue weighted by atomic mass is 16.5. The van der Waals surface area contributed by atoms with Crippen molar-refractivity contribution in [2.24, 2.45) is 7.05 Å². The van der Waals surface area contributed by atoms with Gasteiger partial charge >= 0.3 is 0 Å². The standard InChI is InChI=1S/C67H44N6O/c1-69-55-33-13-11-29-52(55)61-62-53-30-12-14-34-56(53)72(46-25-9-4-10-26-46)66(62)67-63(65(61)69)54-39-38-49(42-59(54)73(67)60-37-17-18-40-68-60)74-48-28-19-27-47(41-48)70-43-71(58-36-16-15-35-57(58)70)64-50(44-21-5-2-6-22-44)31-20-32-51(64)45-23-7-3-8-24-45/h2-42H,1H3. The second kappa shape index (κ2) is 16.6. The molecule has 0 amide bonds. The molecule has 0 unspecified atom stereocenters. The van der Waals surface area contributed by atoms with Crippen LogP contribution in [0.15, 0.2) is 249 Å². The second-order valence-electron chi connectivity index (χ2n) is 18.9. The summed E-state index contributed by atoms with van der Waals surface area (Å²) in [6, 6.07) is 85.7. The summed E-state index contributed by atoms with van der Waals surface area (Å²) in [4.78, 5) is 5.08. The van der Waals surface area contributed by atoms with Gasteiger partial charge in [0.1, 0.15) is 17.3 Å². The Kier molecular flexibility index (Phi) is 9.34. The molecular formula is C67H44N6O. The summed E-state index contributed by atoms with van der Waals surface area (Å²) in [5.74, 6) is 2.24. The Morgan fingerprint density at radius 2 is 1.01 bits per heavy atom. The molecule has 0 saturated carbocycles. The van der Waals surface area contributed by atoms with Crippen LogP contribution in [0.3, 0.4) is 0 Å². The molecule has 0 spiro atoms. The van der Waals surface area contributed by atoms with E-state index in [1.807, 2.05) is 18.3 Å². The number of imidazole rings is 1. The molecule has 5 aromatic heterocycles. The second-order valence-corrected chi connectivity index (χ2v) is 18.9. The summed E-state index contributed by atoms with van der Waals surface area (Å²) in [5, 5.41) is 7.15. The molecule has 0 fully saturated rings. The van der Waals surface area contributed by atoms with Crippen LogP contribution in [0.1, 0.15) is 0 Å². The average Bonchev–Trinajstić information content (AvgIpc) is 4.33. The number of hydrogen-bond donors (Lipinski definition) is 0. The van der Waals surface area contributed by atoms with E-state index in [-0.39, 0.29) is 0 Å². The highest BCUT2D eigenvalue weighted by molar-refractivity contribution is 6.40. The number of pyridine rings is 1. The lowest BCUT2D eigenvalue weighted by Crippen LogP contribution is -2.29. The molecule has 0 atom stereocenters. The molecule has 10 aromatic carbocycles. The fraction of sp³-hybridized carbons (Fsp3) is 0.0149. The smallest absolute Gasteiger partial charge is 0.269 e. The van der Waals surface area contributed by atoms with Crippen molar-refractivity contribution in [3.63, 3.8) is 0 Å². The molecule has 5 heterocycles. The van der Waals surface area contributed by atoms with Gasteiger partial charge in [0.2, 0.25) is 0 Å². The van der Waals surface area contributed by atoms with Gasteiger partial charge in [0.25, 0.3) is 6.33 Å². The number of rotatable bonds is 8. The van der Waals surface area contributed by atoms with Gasteiger partial charge in [-0.15, -0.1) is 0 Å². The van der Waals surface area contributed by atoms with Crippen LogP contribution >= 0.6 is 0 Å². The van der Waals surface area contributed by atoms with E-state index in [1.165, 1.54) is 32.6 Å². The van der Waals surface area contributed by atoms with Crippen molar-refractivity contribution in [1.29, 1.82) is 0 Å². The molecule has 0 saturated heterocycles. The third-order valence-corrected chi connectivity index (χ3v) is 14.8. The van der Waals surface area contributed by atoms with Crippen molar-refractivity contribution < 1.29 is 9.30 Å².